The summed E-state index contributed by atoms with van der Waals surface area (Å²) in [7, 11) is 0. The van der Waals surface area contributed by atoms with Gasteiger partial charge in [0.25, 0.3) is 0 Å². The lowest BCUT2D eigenvalue weighted by Gasteiger charge is -2.04. The van der Waals surface area contributed by atoms with Gasteiger partial charge in [-0.2, -0.15) is 0 Å². The highest BCUT2D eigenvalue weighted by Gasteiger charge is 2.05. The maximum Gasteiger partial charge on any atom is 0.0997 e. The molecule has 0 aliphatic carbocycles. The molecule has 1 aliphatic rings. The molecule has 1 aromatic rings. The maximum absolute atomic E-state index is 4.69. The second-order valence-corrected chi connectivity index (χ2v) is 6.17. The molecule has 0 amide bonds. The van der Waals surface area contributed by atoms with E-state index in [-0.39, 0.29) is 0 Å². The minimum atomic E-state index is 0.508. The van der Waals surface area contributed by atoms with Gasteiger partial charge in [-0.25, -0.2) is 4.98 Å². The number of aliphatic imine (C=N–C) groups is 1. The fourth-order valence-electron chi connectivity index (χ4n) is 2.20. The molecule has 0 spiro atoms. The van der Waals surface area contributed by atoms with E-state index >= 15 is 0 Å². The van der Waals surface area contributed by atoms with E-state index in [4.69, 9.17) is 0 Å². The summed E-state index contributed by atoms with van der Waals surface area (Å²) in [4.78, 5) is 9.06. The molecule has 106 valence electrons. The van der Waals surface area contributed by atoms with Crippen LogP contribution in [-0.4, -0.2) is 17.7 Å². The molecule has 20 heavy (non-hydrogen) atoms. The van der Waals surface area contributed by atoms with Crippen molar-refractivity contribution in [3.8, 4) is 11.8 Å². The summed E-state index contributed by atoms with van der Waals surface area (Å²) in [5.74, 6) is 6.76. The summed E-state index contributed by atoms with van der Waals surface area (Å²) >= 11 is 1.78. The Hall–Kier alpha value is -1.40. The fourth-order valence-corrected chi connectivity index (χ4v) is 3.03. The monoisotopic (exact) mass is 286 g/mol. The molecule has 1 atom stereocenters. The molecule has 0 fully saturated rings. The Kier molecular flexibility index (Phi) is 6.01. The molecule has 0 aromatic carbocycles. The minimum absolute atomic E-state index is 0.508. The molecule has 1 unspecified atom stereocenters. The molecule has 0 saturated carbocycles. The largest absolute Gasteiger partial charge is 0.280 e. The predicted octanol–water partition coefficient (Wildman–Crippen LogP) is 4.07. The zero-order chi connectivity index (χ0) is 14.2. The number of nitrogens with zero attached hydrogens (tertiary/aromatic N) is 2. The molecule has 0 radical (unpaired) electrons. The summed E-state index contributed by atoms with van der Waals surface area (Å²) < 4.78 is 0. The van der Waals surface area contributed by atoms with Crippen LogP contribution in [0.15, 0.2) is 22.0 Å². The van der Waals surface area contributed by atoms with E-state index in [2.05, 4.69) is 47.1 Å². The van der Waals surface area contributed by atoms with Crippen molar-refractivity contribution in [3.63, 3.8) is 0 Å². The lowest BCUT2D eigenvalue weighted by Crippen LogP contribution is -1.96. The van der Waals surface area contributed by atoms with Crippen molar-refractivity contribution in [1.82, 2.24) is 4.98 Å². The van der Waals surface area contributed by atoms with E-state index in [0.717, 1.165) is 25.7 Å². The highest BCUT2D eigenvalue weighted by molar-refractivity contribution is 7.09. The molecule has 0 bridgehead atoms. The Labute approximate surface area is 126 Å². The standard InChI is InChI=1S/C17H22N2S/c1-3-6-16-13-20-17(19-16)9-8-15-11-14(2)7-4-5-10-18-12-15/h11-14H,3,6-10H2,1-2H3. The zero-order valence-electron chi connectivity index (χ0n) is 12.4. The molecular weight excluding hydrogens is 264 g/mol. The average Bonchev–Trinajstić information content (AvgIpc) is 2.90. The number of aromatic nitrogens is 1. The second-order valence-electron chi connectivity index (χ2n) is 5.23. The van der Waals surface area contributed by atoms with Gasteiger partial charge in [-0.1, -0.05) is 32.3 Å². The zero-order valence-corrected chi connectivity index (χ0v) is 13.2. The second kappa shape index (κ2) is 8.01. The van der Waals surface area contributed by atoms with Crippen molar-refractivity contribution in [1.29, 1.82) is 0 Å². The summed E-state index contributed by atoms with van der Waals surface area (Å²) in [5.41, 5.74) is 2.56. The molecule has 1 aliphatic heterocycles. The van der Waals surface area contributed by atoms with E-state index < -0.39 is 0 Å². The Balaban J connectivity index is 1.93. The lowest BCUT2D eigenvalue weighted by molar-refractivity contribution is 0.749. The Morgan fingerprint density at radius 1 is 1.30 bits per heavy atom. The first kappa shape index (κ1) is 15.0. The quantitative estimate of drug-likeness (QED) is 0.749. The van der Waals surface area contributed by atoms with E-state index in [1.165, 1.54) is 22.7 Å². The van der Waals surface area contributed by atoms with Gasteiger partial charge < -0.3 is 0 Å². The van der Waals surface area contributed by atoms with Gasteiger partial charge in [0.15, 0.2) is 0 Å². The first-order valence-electron chi connectivity index (χ1n) is 7.37. The van der Waals surface area contributed by atoms with Crippen molar-refractivity contribution in [2.45, 2.75) is 46.0 Å². The van der Waals surface area contributed by atoms with Crippen molar-refractivity contribution < 1.29 is 0 Å². The van der Waals surface area contributed by atoms with Crippen LogP contribution in [0.25, 0.3) is 0 Å². The average molecular weight is 286 g/mol. The number of thiazole rings is 1. The van der Waals surface area contributed by atoms with Crippen LogP contribution >= 0.6 is 11.3 Å². The normalized spacial score (nSPS) is 18.5. The van der Waals surface area contributed by atoms with Gasteiger partial charge in [-0.15, -0.1) is 17.3 Å². The predicted molar refractivity (Wildman–Crippen MR) is 87.4 cm³/mol. The van der Waals surface area contributed by atoms with Gasteiger partial charge in [-0.05, 0) is 24.3 Å². The third kappa shape index (κ3) is 4.94. The molecule has 2 heterocycles. The number of hydrogen-bond acceptors (Lipinski definition) is 3. The van der Waals surface area contributed by atoms with Gasteiger partial charge in [-0.3, -0.25) is 4.99 Å². The smallest absolute Gasteiger partial charge is 0.0997 e. The van der Waals surface area contributed by atoms with E-state index in [0.29, 0.717) is 12.5 Å². The molecule has 3 heteroatoms. The Morgan fingerprint density at radius 2 is 2.20 bits per heavy atom. The van der Waals surface area contributed by atoms with Crippen molar-refractivity contribution in [2.24, 2.45) is 10.9 Å². The molecule has 1 aromatic heterocycles. The summed E-state index contributed by atoms with van der Waals surface area (Å²) in [6.45, 7) is 5.04. The number of hydrogen-bond donors (Lipinski definition) is 0. The van der Waals surface area contributed by atoms with Gasteiger partial charge in [0.1, 0.15) is 0 Å². The lowest BCUT2D eigenvalue weighted by atomic mass is 10.0. The number of aryl methyl sites for hydroxylation is 2. The van der Waals surface area contributed by atoms with Crippen molar-refractivity contribution >= 4 is 17.6 Å². The fraction of sp³-hybridized carbons (Fsp3) is 0.529. The van der Waals surface area contributed by atoms with Crippen LogP contribution in [0, 0.1) is 17.8 Å². The first-order chi connectivity index (χ1) is 9.78. The summed E-state index contributed by atoms with van der Waals surface area (Å²) in [5, 5.41) is 3.44. The highest BCUT2D eigenvalue weighted by Crippen LogP contribution is 2.17. The van der Waals surface area contributed by atoms with Crippen molar-refractivity contribution in [2.75, 3.05) is 6.54 Å². The molecule has 0 saturated heterocycles. The van der Waals surface area contributed by atoms with Gasteiger partial charge in [0.2, 0.25) is 0 Å². The van der Waals surface area contributed by atoms with Crippen LogP contribution in [0.1, 0.15) is 43.8 Å². The van der Waals surface area contributed by atoms with Gasteiger partial charge in [0.05, 0.1) is 17.2 Å². The number of rotatable bonds is 5. The SMILES string of the molecule is CCCc1csc(CCC2=CC(C)CC#CCN=C2)n1. The minimum Gasteiger partial charge on any atom is -0.280 e. The third-order valence-electron chi connectivity index (χ3n) is 3.21. The molecular formula is C17H22N2S. The van der Waals surface area contributed by atoms with Gasteiger partial charge in [0, 0.05) is 24.4 Å². The summed E-state index contributed by atoms with van der Waals surface area (Å²) in [6, 6.07) is 0. The third-order valence-corrected chi connectivity index (χ3v) is 4.17. The molecule has 0 N–H and O–H groups in total. The summed E-state index contributed by atoms with van der Waals surface area (Å²) in [6.07, 6.45) is 9.53. The van der Waals surface area contributed by atoms with Crippen LogP contribution in [0.5, 0.6) is 0 Å². The Morgan fingerprint density at radius 3 is 3.05 bits per heavy atom. The van der Waals surface area contributed by atoms with Gasteiger partial charge >= 0.3 is 0 Å². The molecule has 2 rings (SSSR count). The highest BCUT2D eigenvalue weighted by atomic mass is 32.1. The van der Waals surface area contributed by atoms with E-state index in [9.17, 15) is 0 Å². The van der Waals surface area contributed by atoms with Crippen LogP contribution in [0.2, 0.25) is 0 Å². The maximum atomic E-state index is 4.69. The topological polar surface area (TPSA) is 25.2 Å². The van der Waals surface area contributed by atoms with E-state index in [1.807, 2.05) is 6.21 Å². The van der Waals surface area contributed by atoms with Crippen LogP contribution < -0.4 is 0 Å². The van der Waals surface area contributed by atoms with Crippen LogP contribution in [-0.2, 0) is 12.8 Å². The van der Waals surface area contributed by atoms with E-state index in [1.54, 1.807) is 11.3 Å². The van der Waals surface area contributed by atoms with Crippen LogP contribution in [0.4, 0.5) is 0 Å². The molecule has 2 nitrogen and oxygen atoms in total. The Bertz CT molecular complexity index is 543. The number of allylic oxidation sites excluding steroid dienone is 2. The van der Waals surface area contributed by atoms with Crippen molar-refractivity contribution in [3.05, 3.63) is 27.7 Å². The van der Waals surface area contributed by atoms with Crippen LogP contribution in [0.3, 0.4) is 0 Å². The first-order valence-corrected chi connectivity index (χ1v) is 8.25.